The number of hydrogen-bond donors (Lipinski definition) is 1. The molecule has 3 nitrogen and oxygen atoms in total. The second kappa shape index (κ2) is 4.08. The van der Waals surface area contributed by atoms with Crippen LogP contribution in [-0.4, -0.2) is 16.0 Å². The van der Waals surface area contributed by atoms with Crippen LogP contribution in [0.4, 0.5) is 5.69 Å². The van der Waals surface area contributed by atoms with Crippen molar-refractivity contribution in [2.75, 3.05) is 4.90 Å². The predicted octanol–water partition coefficient (Wildman–Crippen LogP) is 3.01. The highest BCUT2D eigenvalue weighted by Gasteiger charge is 2.26. The van der Waals surface area contributed by atoms with Crippen LogP contribution >= 0.6 is 11.6 Å². The second-order valence-corrected chi connectivity index (χ2v) is 4.97. The Kier molecular flexibility index (Phi) is 2.56. The fourth-order valence-electron chi connectivity index (χ4n) is 2.46. The Morgan fingerprint density at radius 2 is 2.41 bits per heavy atom. The van der Waals surface area contributed by atoms with E-state index < -0.39 is 0 Å². The van der Waals surface area contributed by atoms with Crippen LogP contribution in [0.2, 0.25) is 5.02 Å². The summed E-state index contributed by atoms with van der Waals surface area (Å²) in [6.07, 6.45) is 4.66. The highest BCUT2D eigenvalue weighted by Crippen LogP contribution is 2.34. The van der Waals surface area contributed by atoms with Gasteiger partial charge < -0.3 is 9.88 Å². The van der Waals surface area contributed by atoms with Gasteiger partial charge in [0, 0.05) is 22.9 Å². The first-order chi connectivity index (χ1) is 8.24. The van der Waals surface area contributed by atoms with Crippen molar-refractivity contribution in [2.24, 2.45) is 0 Å². The monoisotopic (exact) mass is 247 g/mol. The highest BCUT2D eigenvalue weighted by atomic mass is 35.5. The number of imidazole rings is 1. The third-order valence-corrected chi connectivity index (χ3v) is 3.53. The smallest absolute Gasteiger partial charge is 0.0922 e. The van der Waals surface area contributed by atoms with E-state index in [9.17, 15) is 0 Å². The fraction of sp³-hybridized carbons (Fsp3) is 0.308. The summed E-state index contributed by atoms with van der Waals surface area (Å²) in [6, 6.07) is 6.64. The summed E-state index contributed by atoms with van der Waals surface area (Å²) in [4.78, 5) is 9.59. The molecule has 1 aliphatic rings. The molecule has 2 heterocycles. The Hall–Kier alpha value is -1.48. The first kappa shape index (κ1) is 10.7. The van der Waals surface area contributed by atoms with Crippen LogP contribution in [0, 0.1) is 0 Å². The van der Waals surface area contributed by atoms with Crippen LogP contribution in [0.3, 0.4) is 0 Å². The minimum Gasteiger partial charge on any atom is -0.362 e. The number of aromatic nitrogens is 2. The lowest BCUT2D eigenvalue weighted by Gasteiger charge is -2.24. The summed E-state index contributed by atoms with van der Waals surface area (Å²) in [6.45, 7) is 3.11. The van der Waals surface area contributed by atoms with E-state index in [1.165, 1.54) is 11.3 Å². The SMILES string of the molecule is CC1Cc2cc(Cl)ccc2N1Cc1cnc[nH]1. The molecule has 1 N–H and O–H groups in total. The normalized spacial score (nSPS) is 18.5. The van der Waals surface area contributed by atoms with Crippen molar-refractivity contribution in [2.45, 2.75) is 25.9 Å². The topological polar surface area (TPSA) is 31.9 Å². The van der Waals surface area contributed by atoms with Crippen LogP contribution in [0.1, 0.15) is 18.2 Å². The van der Waals surface area contributed by atoms with Crippen LogP contribution < -0.4 is 4.90 Å². The van der Waals surface area contributed by atoms with Crippen LogP contribution in [0.25, 0.3) is 0 Å². The molecular weight excluding hydrogens is 234 g/mol. The third kappa shape index (κ3) is 1.91. The van der Waals surface area contributed by atoms with Gasteiger partial charge in [-0.3, -0.25) is 0 Å². The number of hydrogen-bond acceptors (Lipinski definition) is 2. The molecule has 0 bridgehead atoms. The van der Waals surface area contributed by atoms with Gasteiger partial charge in [-0.15, -0.1) is 0 Å². The largest absolute Gasteiger partial charge is 0.362 e. The predicted molar refractivity (Wildman–Crippen MR) is 69.4 cm³/mol. The average molecular weight is 248 g/mol. The van der Waals surface area contributed by atoms with Crippen molar-refractivity contribution in [3.05, 3.63) is 47.0 Å². The lowest BCUT2D eigenvalue weighted by atomic mass is 10.1. The van der Waals surface area contributed by atoms with Gasteiger partial charge in [-0.25, -0.2) is 4.98 Å². The Bertz CT molecular complexity index is 521. The van der Waals surface area contributed by atoms with E-state index in [4.69, 9.17) is 11.6 Å². The average Bonchev–Trinajstić information content (AvgIpc) is 2.88. The zero-order chi connectivity index (χ0) is 11.8. The standard InChI is InChI=1S/C13H14ClN3/c1-9-4-10-5-11(14)2-3-13(10)17(9)7-12-6-15-8-16-12/h2-3,5-6,8-9H,4,7H2,1H3,(H,15,16). The van der Waals surface area contributed by atoms with E-state index in [1.54, 1.807) is 6.33 Å². The Labute approximate surface area is 105 Å². The van der Waals surface area contributed by atoms with Gasteiger partial charge in [-0.05, 0) is 37.1 Å². The maximum Gasteiger partial charge on any atom is 0.0922 e. The van der Waals surface area contributed by atoms with Gasteiger partial charge in [-0.1, -0.05) is 11.6 Å². The maximum atomic E-state index is 6.03. The summed E-state index contributed by atoms with van der Waals surface area (Å²) in [5.74, 6) is 0. The molecule has 1 atom stereocenters. The minimum atomic E-state index is 0.506. The number of nitrogens with zero attached hydrogens (tertiary/aromatic N) is 2. The molecule has 0 radical (unpaired) electrons. The molecule has 2 aromatic rings. The Morgan fingerprint density at radius 1 is 1.53 bits per heavy atom. The van der Waals surface area contributed by atoms with Crippen LogP contribution in [0.15, 0.2) is 30.7 Å². The maximum absolute atomic E-state index is 6.03. The Morgan fingerprint density at radius 3 is 3.18 bits per heavy atom. The summed E-state index contributed by atoms with van der Waals surface area (Å²) >= 11 is 6.03. The number of aromatic amines is 1. The molecule has 17 heavy (non-hydrogen) atoms. The van der Waals surface area contributed by atoms with Gasteiger partial charge >= 0.3 is 0 Å². The number of halogens is 1. The molecular formula is C13H14ClN3. The molecule has 1 aliphatic heterocycles. The van der Waals surface area contributed by atoms with Crippen molar-refractivity contribution in [3.63, 3.8) is 0 Å². The molecule has 3 rings (SSSR count). The molecule has 0 saturated carbocycles. The fourth-order valence-corrected chi connectivity index (χ4v) is 2.65. The lowest BCUT2D eigenvalue weighted by molar-refractivity contribution is 0.666. The molecule has 0 aliphatic carbocycles. The summed E-state index contributed by atoms with van der Waals surface area (Å²) < 4.78 is 0. The number of fused-ring (bicyclic) bond motifs is 1. The third-order valence-electron chi connectivity index (χ3n) is 3.29. The van der Waals surface area contributed by atoms with Crippen molar-refractivity contribution < 1.29 is 0 Å². The Balaban J connectivity index is 1.91. The molecule has 4 heteroatoms. The molecule has 0 amide bonds. The molecule has 0 fully saturated rings. The van der Waals surface area contributed by atoms with Crippen LogP contribution in [0.5, 0.6) is 0 Å². The van der Waals surface area contributed by atoms with Gasteiger partial charge in [0.05, 0.1) is 18.6 Å². The first-order valence-corrected chi connectivity index (χ1v) is 6.14. The van der Waals surface area contributed by atoms with Gasteiger partial charge in [0.2, 0.25) is 0 Å². The quantitative estimate of drug-likeness (QED) is 0.885. The molecule has 1 unspecified atom stereocenters. The van der Waals surface area contributed by atoms with E-state index in [0.29, 0.717) is 6.04 Å². The van der Waals surface area contributed by atoms with E-state index in [1.807, 2.05) is 12.3 Å². The molecule has 88 valence electrons. The van der Waals surface area contributed by atoms with E-state index in [-0.39, 0.29) is 0 Å². The van der Waals surface area contributed by atoms with E-state index >= 15 is 0 Å². The minimum absolute atomic E-state index is 0.506. The summed E-state index contributed by atoms with van der Waals surface area (Å²) in [7, 11) is 0. The molecule has 0 spiro atoms. The number of anilines is 1. The number of H-pyrrole nitrogens is 1. The van der Waals surface area contributed by atoms with Crippen molar-refractivity contribution in [1.82, 2.24) is 9.97 Å². The number of nitrogens with one attached hydrogen (secondary N) is 1. The molecule has 1 aromatic heterocycles. The van der Waals surface area contributed by atoms with Crippen LogP contribution in [-0.2, 0) is 13.0 Å². The molecule has 0 saturated heterocycles. The zero-order valence-electron chi connectivity index (χ0n) is 9.65. The summed E-state index contributed by atoms with van der Waals surface area (Å²) in [5.41, 5.74) is 3.76. The van der Waals surface area contributed by atoms with E-state index in [0.717, 1.165) is 23.7 Å². The molecule has 1 aromatic carbocycles. The van der Waals surface area contributed by atoms with Crippen molar-refractivity contribution in [3.8, 4) is 0 Å². The van der Waals surface area contributed by atoms with Gasteiger partial charge in [0.15, 0.2) is 0 Å². The van der Waals surface area contributed by atoms with Gasteiger partial charge in [0.25, 0.3) is 0 Å². The number of benzene rings is 1. The van der Waals surface area contributed by atoms with Gasteiger partial charge in [-0.2, -0.15) is 0 Å². The van der Waals surface area contributed by atoms with Crippen molar-refractivity contribution in [1.29, 1.82) is 0 Å². The zero-order valence-corrected chi connectivity index (χ0v) is 10.4. The summed E-state index contributed by atoms with van der Waals surface area (Å²) in [5, 5.41) is 0.819. The first-order valence-electron chi connectivity index (χ1n) is 5.76. The van der Waals surface area contributed by atoms with Crippen molar-refractivity contribution >= 4 is 17.3 Å². The lowest BCUT2D eigenvalue weighted by Crippen LogP contribution is -2.28. The second-order valence-electron chi connectivity index (χ2n) is 4.53. The highest BCUT2D eigenvalue weighted by molar-refractivity contribution is 6.30. The number of rotatable bonds is 2. The van der Waals surface area contributed by atoms with Gasteiger partial charge in [0.1, 0.15) is 0 Å². The van der Waals surface area contributed by atoms with E-state index in [2.05, 4.69) is 33.9 Å².